The van der Waals surface area contributed by atoms with Gasteiger partial charge in [0.2, 0.25) is 0 Å². The van der Waals surface area contributed by atoms with Crippen molar-refractivity contribution in [3.05, 3.63) is 29.3 Å². The molecule has 14 heavy (non-hydrogen) atoms. The summed E-state index contributed by atoms with van der Waals surface area (Å²) in [5.41, 5.74) is 4.58. The predicted octanol–water partition coefficient (Wildman–Crippen LogP) is 3.39. The Hall–Kier alpha value is -0.250. The summed E-state index contributed by atoms with van der Waals surface area (Å²) in [5.74, 6) is 0. The van der Waals surface area contributed by atoms with Crippen LogP contribution < -0.4 is 4.90 Å². The number of fused-ring (bicyclic) bond motifs is 1. The molecule has 0 bridgehead atoms. The molecule has 1 aromatic carbocycles. The molecule has 1 unspecified atom stereocenters. The van der Waals surface area contributed by atoms with Gasteiger partial charge in [-0.05, 0) is 37.0 Å². The van der Waals surface area contributed by atoms with Gasteiger partial charge in [0.1, 0.15) is 0 Å². The summed E-state index contributed by atoms with van der Waals surface area (Å²) in [6.07, 6.45) is 2.39. The van der Waals surface area contributed by atoms with Crippen molar-refractivity contribution in [2.45, 2.75) is 30.7 Å². The van der Waals surface area contributed by atoms with Gasteiger partial charge in [0.15, 0.2) is 0 Å². The number of hydrogen-bond acceptors (Lipinski definition) is 1. The molecule has 0 N–H and O–H groups in total. The molecular formula is C12H16IN. The zero-order chi connectivity index (χ0) is 10.1. The first-order chi connectivity index (χ1) is 6.74. The molecule has 0 spiro atoms. The van der Waals surface area contributed by atoms with E-state index in [0.717, 1.165) is 6.42 Å². The van der Waals surface area contributed by atoms with E-state index in [1.54, 1.807) is 5.56 Å². The van der Waals surface area contributed by atoms with Crippen LogP contribution in [0.5, 0.6) is 0 Å². The highest BCUT2D eigenvalue weighted by Crippen LogP contribution is 2.33. The standard InChI is InChI=1S/C12H16IN/c1-3-10-5-4-6-12-11(10)7-8-14(12)9(2)13/h4-6,9H,3,7-8H2,1-2H3. The second kappa shape index (κ2) is 4.09. The summed E-state index contributed by atoms with van der Waals surface area (Å²) in [4.78, 5) is 2.50. The Balaban J connectivity index is 2.41. The Bertz CT molecular complexity index is 333. The Labute approximate surface area is 99.6 Å². The Morgan fingerprint density at radius 1 is 1.50 bits per heavy atom. The van der Waals surface area contributed by atoms with Gasteiger partial charge in [-0.15, -0.1) is 0 Å². The lowest BCUT2D eigenvalue weighted by molar-refractivity contribution is 0.847. The zero-order valence-electron chi connectivity index (χ0n) is 8.76. The SMILES string of the molecule is CCc1cccc2c1CCN2C(C)I. The number of nitrogens with zero attached hydrogens (tertiary/aromatic N) is 1. The average molecular weight is 301 g/mol. The third-order valence-electron chi connectivity index (χ3n) is 2.97. The van der Waals surface area contributed by atoms with Crippen LogP contribution in [0.1, 0.15) is 25.0 Å². The first-order valence-electron chi connectivity index (χ1n) is 5.25. The van der Waals surface area contributed by atoms with Crippen molar-refractivity contribution in [3.8, 4) is 0 Å². The molecule has 1 atom stereocenters. The van der Waals surface area contributed by atoms with E-state index in [4.69, 9.17) is 0 Å². The van der Waals surface area contributed by atoms with Crippen molar-refractivity contribution in [1.82, 2.24) is 0 Å². The van der Waals surface area contributed by atoms with E-state index < -0.39 is 0 Å². The number of anilines is 1. The minimum atomic E-state index is 0.598. The lowest BCUT2D eigenvalue weighted by Crippen LogP contribution is -2.25. The first-order valence-corrected chi connectivity index (χ1v) is 6.50. The van der Waals surface area contributed by atoms with Crippen molar-refractivity contribution in [2.75, 3.05) is 11.4 Å². The lowest BCUT2D eigenvalue weighted by atomic mass is 10.0. The monoisotopic (exact) mass is 301 g/mol. The lowest BCUT2D eigenvalue weighted by Gasteiger charge is -2.22. The molecule has 0 amide bonds. The zero-order valence-corrected chi connectivity index (χ0v) is 10.9. The largest absolute Gasteiger partial charge is 0.359 e. The molecule has 1 aliphatic rings. The Morgan fingerprint density at radius 2 is 2.29 bits per heavy atom. The summed E-state index contributed by atoms with van der Waals surface area (Å²) in [7, 11) is 0. The quantitative estimate of drug-likeness (QED) is 0.460. The number of aryl methyl sites for hydroxylation is 1. The van der Waals surface area contributed by atoms with Gasteiger partial charge >= 0.3 is 0 Å². The predicted molar refractivity (Wildman–Crippen MR) is 70.4 cm³/mol. The number of halogens is 1. The third kappa shape index (κ3) is 1.64. The van der Waals surface area contributed by atoms with Crippen molar-refractivity contribution < 1.29 is 0 Å². The fourth-order valence-corrected chi connectivity index (χ4v) is 2.81. The number of alkyl halides is 1. The van der Waals surface area contributed by atoms with E-state index in [1.165, 1.54) is 24.2 Å². The van der Waals surface area contributed by atoms with E-state index in [1.807, 2.05) is 0 Å². The summed E-state index contributed by atoms with van der Waals surface area (Å²) in [6, 6.07) is 6.71. The fourth-order valence-electron chi connectivity index (χ4n) is 2.23. The first kappa shape index (κ1) is 10.3. The molecule has 1 heterocycles. The van der Waals surface area contributed by atoms with Crippen molar-refractivity contribution >= 4 is 28.3 Å². The van der Waals surface area contributed by atoms with E-state index in [0.29, 0.717) is 4.05 Å². The van der Waals surface area contributed by atoms with Crippen molar-refractivity contribution in [2.24, 2.45) is 0 Å². The van der Waals surface area contributed by atoms with Crippen LogP contribution in [-0.4, -0.2) is 10.6 Å². The third-order valence-corrected chi connectivity index (χ3v) is 3.64. The summed E-state index contributed by atoms with van der Waals surface area (Å²) in [6.45, 7) is 5.69. The van der Waals surface area contributed by atoms with Gasteiger partial charge < -0.3 is 4.90 Å². The minimum absolute atomic E-state index is 0.598. The van der Waals surface area contributed by atoms with Gasteiger partial charge in [0.25, 0.3) is 0 Å². The highest BCUT2D eigenvalue weighted by atomic mass is 127. The van der Waals surface area contributed by atoms with Gasteiger partial charge in [0.05, 0.1) is 4.05 Å². The van der Waals surface area contributed by atoms with E-state index in [2.05, 4.69) is 59.5 Å². The molecule has 0 aromatic heterocycles. The molecule has 2 rings (SSSR count). The summed E-state index contributed by atoms with van der Waals surface area (Å²) in [5, 5.41) is 0. The van der Waals surface area contributed by atoms with Crippen LogP contribution in [0.3, 0.4) is 0 Å². The van der Waals surface area contributed by atoms with Crippen LogP contribution in [-0.2, 0) is 12.8 Å². The summed E-state index contributed by atoms with van der Waals surface area (Å²) < 4.78 is 0.598. The molecule has 0 saturated heterocycles. The molecule has 1 aromatic rings. The molecule has 0 fully saturated rings. The molecule has 2 heteroatoms. The van der Waals surface area contributed by atoms with Crippen molar-refractivity contribution in [3.63, 3.8) is 0 Å². The second-order valence-corrected chi connectivity index (χ2v) is 5.59. The number of benzene rings is 1. The van der Waals surface area contributed by atoms with Gasteiger partial charge in [-0.25, -0.2) is 0 Å². The number of hydrogen-bond donors (Lipinski definition) is 0. The van der Waals surface area contributed by atoms with Gasteiger partial charge in [-0.2, -0.15) is 0 Å². The maximum Gasteiger partial charge on any atom is 0.0781 e. The van der Waals surface area contributed by atoms with Crippen LogP contribution in [0.2, 0.25) is 0 Å². The molecular weight excluding hydrogens is 285 g/mol. The highest BCUT2D eigenvalue weighted by molar-refractivity contribution is 14.1. The average Bonchev–Trinajstić information content (AvgIpc) is 2.60. The maximum absolute atomic E-state index is 2.50. The Morgan fingerprint density at radius 3 is 2.93 bits per heavy atom. The Kier molecular flexibility index (Phi) is 3.00. The second-order valence-electron chi connectivity index (χ2n) is 3.79. The van der Waals surface area contributed by atoms with Gasteiger partial charge in [0, 0.05) is 12.2 Å². The van der Waals surface area contributed by atoms with E-state index in [-0.39, 0.29) is 0 Å². The van der Waals surface area contributed by atoms with Crippen LogP contribution in [0, 0.1) is 0 Å². The van der Waals surface area contributed by atoms with Crippen molar-refractivity contribution in [1.29, 1.82) is 0 Å². The normalized spacial score (nSPS) is 16.9. The fraction of sp³-hybridized carbons (Fsp3) is 0.500. The molecule has 76 valence electrons. The molecule has 0 radical (unpaired) electrons. The maximum atomic E-state index is 2.50. The molecule has 0 saturated carbocycles. The van der Waals surface area contributed by atoms with Crippen LogP contribution in [0.4, 0.5) is 5.69 Å². The van der Waals surface area contributed by atoms with Gasteiger partial charge in [-0.1, -0.05) is 41.6 Å². The number of rotatable bonds is 2. The van der Waals surface area contributed by atoms with Crippen LogP contribution in [0.15, 0.2) is 18.2 Å². The van der Waals surface area contributed by atoms with Crippen LogP contribution in [0.25, 0.3) is 0 Å². The molecule has 0 aliphatic carbocycles. The topological polar surface area (TPSA) is 3.24 Å². The molecule has 1 aliphatic heterocycles. The minimum Gasteiger partial charge on any atom is -0.359 e. The summed E-state index contributed by atoms with van der Waals surface area (Å²) >= 11 is 2.49. The van der Waals surface area contributed by atoms with E-state index in [9.17, 15) is 0 Å². The smallest absolute Gasteiger partial charge is 0.0781 e. The van der Waals surface area contributed by atoms with E-state index >= 15 is 0 Å². The molecule has 1 nitrogen and oxygen atoms in total. The van der Waals surface area contributed by atoms with Gasteiger partial charge in [-0.3, -0.25) is 0 Å². The van der Waals surface area contributed by atoms with Crippen LogP contribution >= 0.6 is 22.6 Å². The highest BCUT2D eigenvalue weighted by Gasteiger charge is 2.22.